The van der Waals surface area contributed by atoms with E-state index in [4.69, 9.17) is 0 Å². The smallest absolute Gasteiger partial charge is 0.255 e. The van der Waals surface area contributed by atoms with Crippen molar-refractivity contribution in [2.75, 3.05) is 6.54 Å². The van der Waals surface area contributed by atoms with Crippen molar-refractivity contribution < 1.29 is 14.4 Å². The molecule has 4 rings (SSSR count). The van der Waals surface area contributed by atoms with Crippen LogP contribution in [-0.2, 0) is 22.6 Å². The first-order chi connectivity index (χ1) is 13.9. The number of carbonyl (C=O) groups is 3. The highest BCUT2D eigenvalue weighted by Crippen LogP contribution is 2.28. The second kappa shape index (κ2) is 7.75. The molecule has 0 bridgehead atoms. The van der Waals surface area contributed by atoms with Crippen LogP contribution in [0.3, 0.4) is 0 Å². The molecule has 2 N–H and O–H groups in total. The van der Waals surface area contributed by atoms with Crippen LogP contribution in [0, 0.1) is 0 Å². The zero-order valence-corrected chi connectivity index (χ0v) is 16.5. The molecule has 9 heteroatoms. The molecule has 2 aromatic rings. The van der Waals surface area contributed by atoms with E-state index in [1.807, 2.05) is 18.3 Å². The van der Waals surface area contributed by atoms with Gasteiger partial charge in [0.1, 0.15) is 6.04 Å². The molecule has 3 amide bonds. The van der Waals surface area contributed by atoms with Crippen LogP contribution >= 0.6 is 0 Å². The Kier molecular flexibility index (Phi) is 5.14. The first-order valence-corrected chi connectivity index (χ1v) is 9.85. The number of piperidine rings is 1. The number of amides is 3. The zero-order valence-electron chi connectivity index (χ0n) is 16.5. The second-order valence-corrected chi connectivity index (χ2v) is 7.75. The summed E-state index contributed by atoms with van der Waals surface area (Å²) in [5.41, 5.74) is 3.13. The third-order valence-corrected chi connectivity index (χ3v) is 5.25. The number of benzene rings is 1. The molecule has 1 aromatic carbocycles. The number of fused-ring (bicyclic) bond motifs is 1. The lowest BCUT2D eigenvalue weighted by atomic mass is 10.0. The van der Waals surface area contributed by atoms with Crippen LogP contribution in [0.25, 0.3) is 5.69 Å². The minimum Gasteiger partial charge on any atom is -0.322 e. The van der Waals surface area contributed by atoms with Crippen LogP contribution in [0.4, 0.5) is 0 Å². The van der Waals surface area contributed by atoms with Crippen molar-refractivity contribution in [3.8, 4) is 5.69 Å². The van der Waals surface area contributed by atoms with Gasteiger partial charge in [0, 0.05) is 37.5 Å². The van der Waals surface area contributed by atoms with E-state index in [1.54, 1.807) is 15.6 Å². The van der Waals surface area contributed by atoms with Gasteiger partial charge in [-0.15, -0.1) is 5.10 Å². The van der Waals surface area contributed by atoms with E-state index >= 15 is 0 Å². The van der Waals surface area contributed by atoms with Crippen LogP contribution in [0.2, 0.25) is 0 Å². The van der Waals surface area contributed by atoms with Gasteiger partial charge >= 0.3 is 0 Å². The maximum Gasteiger partial charge on any atom is 0.255 e. The van der Waals surface area contributed by atoms with Gasteiger partial charge in [-0.1, -0.05) is 19.1 Å². The number of rotatable bonds is 6. The molecule has 3 heterocycles. The highest BCUT2D eigenvalue weighted by Gasteiger charge is 2.39. The van der Waals surface area contributed by atoms with Crippen molar-refractivity contribution in [3.05, 3.63) is 41.2 Å². The van der Waals surface area contributed by atoms with Gasteiger partial charge in [-0.25, -0.2) is 4.68 Å². The Morgan fingerprint density at radius 2 is 2.10 bits per heavy atom. The lowest BCUT2D eigenvalue weighted by Gasteiger charge is -2.29. The van der Waals surface area contributed by atoms with Gasteiger partial charge in [0.2, 0.25) is 11.8 Å². The first kappa shape index (κ1) is 19.3. The number of nitrogens with zero attached hydrogens (tertiary/aromatic N) is 4. The molecule has 1 aromatic heterocycles. The molecule has 0 spiro atoms. The maximum atomic E-state index is 12.8. The third-order valence-electron chi connectivity index (χ3n) is 5.25. The fourth-order valence-corrected chi connectivity index (χ4v) is 3.73. The largest absolute Gasteiger partial charge is 0.322 e. The Balaban J connectivity index is 1.48. The Labute approximate surface area is 168 Å². The SMILES string of the molecule is CC(C)NCCc1cn(-c2ccc3c(c2)CN(C2CCC(=O)NC2=O)C3=O)nn1. The zero-order chi connectivity index (χ0) is 20.5. The van der Waals surface area contributed by atoms with Gasteiger partial charge in [0.25, 0.3) is 5.91 Å². The number of hydrogen-bond donors (Lipinski definition) is 2. The topological polar surface area (TPSA) is 109 Å². The lowest BCUT2D eigenvalue weighted by Crippen LogP contribution is -2.52. The van der Waals surface area contributed by atoms with Gasteiger partial charge in [0.15, 0.2) is 0 Å². The predicted octanol–water partition coefficient (Wildman–Crippen LogP) is 0.569. The van der Waals surface area contributed by atoms with Gasteiger partial charge < -0.3 is 10.2 Å². The molecule has 1 fully saturated rings. The van der Waals surface area contributed by atoms with Crippen LogP contribution in [0.1, 0.15) is 48.3 Å². The van der Waals surface area contributed by atoms with E-state index in [0.717, 1.165) is 29.9 Å². The first-order valence-electron chi connectivity index (χ1n) is 9.85. The number of nitrogens with one attached hydrogen (secondary N) is 2. The summed E-state index contributed by atoms with van der Waals surface area (Å²) in [7, 11) is 0. The molecule has 152 valence electrons. The summed E-state index contributed by atoms with van der Waals surface area (Å²) in [6.45, 7) is 5.37. The van der Waals surface area contributed by atoms with Crippen molar-refractivity contribution in [1.29, 1.82) is 0 Å². The summed E-state index contributed by atoms with van der Waals surface area (Å²) >= 11 is 0. The Morgan fingerprint density at radius 3 is 2.86 bits per heavy atom. The minimum absolute atomic E-state index is 0.180. The van der Waals surface area contributed by atoms with Gasteiger partial charge in [-0.3, -0.25) is 19.7 Å². The molecule has 29 heavy (non-hydrogen) atoms. The molecule has 2 aliphatic rings. The number of carbonyl (C=O) groups excluding carboxylic acids is 3. The molecule has 1 saturated heterocycles. The standard InChI is InChI=1S/C20H24N6O3/c1-12(2)21-8-7-14-11-26(24-23-14)15-3-4-16-13(9-15)10-25(20(16)29)17-5-6-18(27)22-19(17)28/h3-4,9,11-12,17,21H,5-8,10H2,1-2H3,(H,22,27,28). The summed E-state index contributed by atoms with van der Waals surface area (Å²) < 4.78 is 1.70. The Morgan fingerprint density at radius 1 is 1.28 bits per heavy atom. The molecule has 1 atom stereocenters. The van der Waals surface area contributed by atoms with E-state index < -0.39 is 11.9 Å². The van der Waals surface area contributed by atoms with Crippen molar-refractivity contribution in [2.24, 2.45) is 0 Å². The van der Waals surface area contributed by atoms with Crippen LogP contribution in [-0.4, -0.2) is 56.2 Å². The average Bonchev–Trinajstić information content (AvgIpc) is 3.26. The molecule has 0 saturated carbocycles. The molecule has 1 unspecified atom stereocenters. The predicted molar refractivity (Wildman–Crippen MR) is 104 cm³/mol. The third kappa shape index (κ3) is 3.91. The van der Waals surface area contributed by atoms with Crippen molar-refractivity contribution in [3.63, 3.8) is 0 Å². The van der Waals surface area contributed by atoms with Crippen molar-refractivity contribution >= 4 is 17.7 Å². The molecule has 9 nitrogen and oxygen atoms in total. The lowest BCUT2D eigenvalue weighted by molar-refractivity contribution is -0.136. The average molecular weight is 396 g/mol. The van der Waals surface area contributed by atoms with Gasteiger partial charge in [-0.2, -0.15) is 0 Å². The van der Waals surface area contributed by atoms with Gasteiger partial charge in [0.05, 0.1) is 17.6 Å². The molecular weight excluding hydrogens is 372 g/mol. The highest BCUT2D eigenvalue weighted by molar-refractivity contribution is 6.05. The quantitative estimate of drug-likeness (QED) is 0.691. The Hall–Kier alpha value is -3.07. The Bertz CT molecular complexity index is 967. The summed E-state index contributed by atoms with van der Waals surface area (Å²) in [6, 6.07) is 5.31. The molecule has 2 aliphatic heterocycles. The van der Waals surface area contributed by atoms with Crippen LogP contribution in [0.5, 0.6) is 0 Å². The molecular formula is C20H24N6O3. The fourth-order valence-electron chi connectivity index (χ4n) is 3.73. The highest BCUT2D eigenvalue weighted by atomic mass is 16.2. The van der Waals surface area contributed by atoms with Crippen molar-refractivity contribution in [2.45, 2.75) is 51.7 Å². The number of hydrogen-bond acceptors (Lipinski definition) is 6. The molecule has 0 aliphatic carbocycles. The van der Waals surface area contributed by atoms with Crippen molar-refractivity contribution in [1.82, 2.24) is 30.5 Å². The maximum absolute atomic E-state index is 12.8. The monoisotopic (exact) mass is 396 g/mol. The summed E-state index contributed by atoms with van der Waals surface area (Å²) in [5.74, 6) is -0.873. The van der Waals surface area contributed by atoms with Gasteiger partial charge in [-0.05, 0) is 30.2 Å². The summed E-state index contributed by atoms with van der Waals surface area (Å²) in [4.78, 5) is 37.8. The normalized spacial score (nSPS) is 19.1. The fraction of sp³-hybridized carbons (Fsp3) is 0.450. The second-order valence-electron chi connectivity index (χ2n) is 7.75. The molecule has 0 radical (unpaired) electrons. The van der Waals surface area contributed by atoms with E-state index in [1.165, 1.54) is 0 Å². The number of imide groups is 1. The van der Waals surface area contributed by atoms with E-state index in [0.29, 0.717) is 24.6 Å². The van der Waals surface area contributed by atoms with E-state index in [-0.39, 0.29) is 18.2 Å². The van der Waals surface area contributed by atoms with E-state index in [9.17, 15) is 14.4 Å². The minimum atomic E-state index is -0.609. The van der Waals surface area contributed by atoms with E-state index in [2.05, 4.69) is 34.8 Å². The number of aromatic nitrogens is 3. The van der Waals surface area contributed by atoms with Crippen LogP contribution < -0.4 is 10.6 Å². The van der Waals surface area contributed by atoms with Crippen LogP contribution in [0.15, 0.2) is 24.4 Å². The summed E-state index contributed by atoms with van der Waals surface area (Å²) in [6.07, 6.45) is 3.27. The summed E-state index contributed by atoms with van der Waals surface area (Å²) in [5, 5.41) is 14.1.